The number of aromatic nitrogens is 2. The SMILES string of the molecule is CCCc1nc(N)c(C)c(N2CCSC(C)C2)n1. The van der Waals surface area contributed by atoms with Gasteiger partial charge in [0.15, 0.2) is 0 Å². The molecule has 1 aliphatic rings. The molecular weight excluding hydrogens is 244 g/mol. The number of thioether (sulfide) groups is 1. The van der Waals surface area contributed by atoms with Crippen LogP contribution in [-0.2, 0) is 6.42 Å². The maximum atomic E-state index is 6.01. The summed E-state index contributed by atoms with van der Waals surface area (Å²) >= 11 is 2.02. The van der Waals surface area contributed by atoms with E-state index in [4.69, 9.17) is 10.7 Å². The highest BCUT2D eigenvalue weighted by atomic mass is 32.2. The summed E-state index contributed by atoms with van der Waals surface area (Å²) < 4.78 is 0. The Kier molecular flexibility index (Phi) is 4.32. The monoisotopic (exact) mass is 266 g/mol. The topological polar surface area (TPSA) is 55.0 Å². The number of aryl methyl sites for hydroxylation is 1. The highest BCUT2D eigenvalue weighted by molar-refractivity contribution is 8.00. The first-order chi connectivity index (χ1) is 8.61. The van der Waals surface area contributed by atoms with Gasteiger partial charge < -0.3 is 10.6 Å². The second-order valence-electron chi connectivity index (χ2n) is 4.85. The van der Waals surface area contributed by atoms with Crippen LogP contribution in [0.15, 0.2) is 0 Å². The molecule has 1 aromatic heterocycles. The van der Waals surface area contributed by atoms with Gasteiger partial charge in [0, 0.05) is 36.1 Å². The summed E-state index contributed by atoms with van der Waals surface area (Å²) in [6.45, 7) is 8.53. The summed E-state index contributed by atoms with van der Waals surface area (Å²) in [5.41, 5.74) is 7.03. The van der Waals surface area contributed by atoms with Crippen LogP contribution >= 0.6 is 11.8 Å². The van der Waals surface area contributed by atoms with E-state index in [0.29, 0.717) is 11.1 Å². The third-order valence-corrected chi connectivity index (χ3v) is 4.35. The minimum Gasteiger partial charge on any atom is -0.383 e. The molecular formula is C13H22N4S. The zero-order valence-electron chi connectivity index (χ0n) is 11.4. The minimum atomic E-state index is 0.634. The number of nitrogen functional groups attached to an aromatic ring is 1. The lowest BCUT2D eigenvalue weighted by atomic mass is 10.2. The molecule has 18 heavy (non-hydrogen) atoms. The molecule has 1 unspecified atom stereocenters. The molecule has 1 aliphatic heterocycles. The van der Waals surface area contributed by atoms with E-state index in [9.17, 15) is 0 Å². The van der Waals surface area contributed by atoms with Crippen molar-refractivity contribution in [1.82, 2.24) is 9.97 Å². The van der Waals surface area contributed by atoms with Gasteiger partial charge in [0.25, 0.3) is 0 Å². The summed E-state index contributed by atoms with van der Waals surface area (Å²) in [6.07, 6.45) is 1.95. The van der Waals surface area contributed by atoms with Gasteiger partial charge in [0.1, 0.15) is 17.5 Å². The third kappa shape index (κ3) is 2.88. The van der Waals surface area contributed by atoms with Crippen LogP contribution in [0.3, 0.4) is 0 Å². The zero-order valence-corrected chi connectivity index (χ0v) is 12.3. The van der Waals surface area contributed by atoms with Crippen molar-refractivity contribution in [2.45, 2.75) is 38.9 Å². The number of hydrogen-bond acceptors (Lipinski definition) is 5. The number of nitrogens with zero attached hydrogens (tertiary/aromatic N) is 3. The summed E-state index contributed by atoms with van der Waals surface area (Å²) in [5.74, 6) is 3.71. The lowest BCUT2D eigenvalue weighted by Gasteiger charge is -2.32. The lowest BCUT2D eigenvalue weighted by molar-refractivity contribution is 0.750. The van der Waals surface area contributed by atoms with Gasteiger partial charge in [-0.2, -0.15) is 11.8 Å². The van der Waals surface area contributed by atoms with Crippen molar-refractivity contribution in [2.75, 3.05) is 29.5 Å². The van der Waals surface area contributed by atoms with Crippen molar-refractivity contribution in [3.63, 3.8) is 0 Å². The largest absolute Gasteiger partial charge is 0.383 e. The average Bonchev–Trinajstić information content (AvgIpc) is 2.34. The fraction of sp³-hybridized carbons (Fsp3) is 0.692. The summed E-state index contributed by atoms with van der Waals surface area (Å²) in [6, 6.07) is 0. The second kappa shape index (κ2) is 5.78. The summed E-state index contributed by atoms with van der Waals surface area (Å²) in [4.78, 5) is 11.4. The van der Waals surface area contributed by atoms with Crippen molar-refractivity contribution < 1.29 is 0 Å². The van der Waals surface area contributed by atoms with Crippen LogP contribution in [-0.4, -0.2) is 34.1 Å². The first-order valence-electron chi connectivity index (χ1n) is 6.61. The molecule has 0 radical (unpaired) electrons. The molecule has 2 rings (SSSR count). The molecule has 1 saturated heterocycles. The number of anilines is 2. The number of hydrogen-bond donors (Lipinski definition) is 1. The van der Waals surface area contributed by atoms with Gasteiger partial charge >= 0.3 is 0 Å². The van der Waals surface area contributed by atoms with Crippen LogP contribution in [0.4, 0.5) is 11.6 Å². The Labute approximate surface area is 113 Å². The molecule has 1 fully saturated rings. The number of nitrogens with two attached hydrogens (primary N) is 1. The fourth-order valence-electron chi connectivity index (χ4n) is 2.22. The molecule has 0 saturated carbocycles. The highest BCUT2D eigenvalue weighted by Gasteiger charge is 2.21. The van der Waals surface area contributed by atoms with Crippen LogP contribution in [0.5, 0.6) is 0 Å². The van der Waals surface area contributed by atoms with Gasteiger partial charge in [-0.1, -0.05) is 13.8 Å². The quantitative estimate of drug-likeness (QED) is 0.909. The van der Waals surface area contributed by atoms with E-state index in [-0.39, 0.29) is 0 Å². The van der Waals surface area contributed by atoms with Gasteiger partial charge in [0.2, 0.25) is 0 Å². The molecule has 0 spiro atoms. The molecule has 4 nitrogen and oxygen atoms in total. The van der Waals surface area contributed by atoms with E-state index < -0.39 is 0 Å². The Bertz CT molecular complexity index is 422. The second-order valence-corrected chi connectivity index (χ2v) is 6.40. The standard InChI is InChI=1S/C13H22N4S/c1-4-5-11-15-12(14)10(3)13(16-11)17-6-7-18-9(2)8-17/h9H,4-8H2,1-3H3,(H2,14,15,16). The molecule has 0 aromatic carbocycles. The Balaban J connectivity index is 2.30. The van der Waals surface area contributed by atoms with E-state index in [2.05, 4.69) is 23.7 Å². The molecule has 1 aromatic rings. The Morgan fingerprint density at radius 3 is 2.89 bits per heavy atom. The van der Waals surface area contributed by atoms with Crippen molar-refractivity contribution in [3.05, 3.63) is 11.4 Å². The molecule has 2 heterocycles. The van der Waals surface area contributed by atoms with Crippen molar-refractivity contribution in [2.24, 2.45) is 0 Å². The highest BCUT2D eigenvalue weighted by Crippen LogP contribution is 2.27. The van der Waals surface area contributed by atoms with Crippen LogP contribution in [0.1, 0.15) is 31.7 Å². The first-order valence-corrected chi connectivity index (χ1v) is 7.66. The number of rotatable bonds is 3. The van der Waals surface area contributed by atoms with Crippen LogP contribution in [0.25, 0.3) is 0 Å². The van der Waals surface area contributed by atoms with E-state index in [1.54, 1.807) is 0 Å². The van der Waals surface area contributed by atoms with Gasteiger partial charge in [-0.05, 0) is 13.3 Å². The predicted molar refractivity (Wildman–Crippen MR) is 79.3 cm³/mol. The van der Waals surface area contributed by atoms with Crippen LogP contribution < -0.4 is 10.6 Å². The average molecular weight is 266 g/mol. The predicted octanol–water partition coefficient (Wildman–Crippen LogP) is 2.26. The Morgan fingerprint density at radius 1 is 1.44 bits per heavy atom. The lowest BCUT2D eigenvalue weighted by Crippen LogP contribution is -2.38. The zero-order chi connectivity index (χ0) is 13.1. The Hall–Kier alpha value is -0.970. The van der Waals surface area contributed by atoms with Crippen molar-refractivity contribution >= 4 is 23.4 Å². The smallest absolute Gasteiger partial charge is 0.137 e. The van der Waals surface area contributed by atoms with Gasteiger partial charge in [-0.3, -0.25) is 0 Å². The summed E-state index contributed by atoms with van der Waals surface area (Å²) in [5, 5.41) is 0.656. The third-order valence-electron chi connectivity index (χ3n) is 3.22. The maximum Gasteiger partial charge on any atom is 0.137 e. The van der Waals surface area contributed by atoms with Gasteiger partial charge in [-0.15, -0.1) is 0 Å². The van der Waals surface area contributed by atoms with Crippen molar-refractivity contribution in [3.8, 4) is 0 Å². The molecule has 5 heteroatoms. The fourth-order valence-corrected chi connectivity index (χ4v) is 3.24. The van der Waals surface area contributed by atoms with E-state index >= 15 is 0 Å². The normalized spacial score (nSPS) is 20.2. The molecule has 1 atom stereocenters. The molecule has 0 amide bonds. The molecule has 2 N–H and O–H groups in total. The van der Waals surface area contributed by atoms with Crippen LogP contribution in [0, 0.1) is 6.92 Å². The van der Waals surface area contributed by atoms with E-state index in [1.165, 1.54) is 0 Å². The maximum absolute atomic E-state index is 6.01. The summed E-state index contributed by atoms with van der Waals surface area (Å²) in [7, 11) is 0. The first kappa shape index (κ1) is 13.5. The molecule has 0 aliphatic carbocycles. The van der Waals surface area contributed by atoms with Gasteiger partial charge in [0.05, 0.1) is 0 Å². The van der Waals surface area contributed by atoms with E-state index in [1.807, 2.05) is 18.7 Å². The van der Waals surface area contributed by atoms with Gasteiger partial charge in [-0.25, -0.2) is 9.97 Å². The van der Waals surface area contributed by atoms with Crippen molar-refractivity contribution in [1.29, 1.82) is 0 Å². The van der Waals surface area contributed by atoms with E-state index in [0.717, 1.165) is 48.9 Å². The Morgan fingerprint density at radius 2 is 2.22 bits per heavy atom. The molecule has 100 valence electrons. The molecule has 0 bridgehead atoms. The minimum absolute atomic E-state index is 0.634. The van der Waals surface area contributed by atoms with Crippen LogP contribution in [0.2, 0.25) is 0 Å².